The summed E-state index contributed by atoms with van der Waals surface area (Å²) in [7, 11) is 0. The van der Waals surface area contributed by atoms with Gasteiger partial charge in [0.1, 0.15) is 0 Å². The molecule has 2 unspecified atom stereocenters. The Bertz CT molecular complexity index is 736. The van der Waals surface area contributed by atoms with Crippen molar-refractivity contribution in [3.05, 3.63) is 60.2 Å². The van der Waals surface area contributed by atoms with E-state index in [1.54, 1.807) is 30.3 Å². The first-order valence-electron chi connectivity index (χ1n) is 8.15. The predicted octanol–water partition coefficient (Wildman–Crippen LogP) is 3.43. The third-order valence-corrected chi connectivity index (χ3v) is 4.27. The highest BCUT2D eigenvalue weighted by Crippen LogP contribution is 2.26. The second kappa shape index (κ2) is 8.65. The number of benzene rings is 2. The van der Waals surface area contributed by atoms with Gasteiger partial charge in [0.15, 0.2) is 0 Å². The van der Waals surface area contributed by atoms with Crippen LogP contribution in [-0.4, -0.2) is 17.9 Å². The van der Waals surface area contributed by atoms with Crippen LogP contribution >= 0.6 is 12.4 Å². The molecule has 2 amide bonds. The molecule has 0 spiro atoms. The Morgan fingerprint density at radius 2 is 1.60 bits per heavy atom. The van der Waals surface area contributed by atoms with Gasteiger partial charge in [0.05, 0.1) is 0 Å². The number of halogens is 1. The Labute approximate surface area is 153 Å². The standard InChI is InChI=1S/C19H21N3O2.ClH/c20-15-10-9-14(11-15)19(24)22-17-8-4-7-16(12-17)21-18(23)13-5-2-1-3-6-13;/h1-8,12,14-15H,9-11,20H2,(H,21,23)(H,22,24);1H. The van der Waals surface area contributed by atoms with Crippen LogP contribution in [0.15, 0.2) is 54.6 Å². The highest BCUT2D eigenvalue weighted by atomic mass is 35.5. The second-order valence-corrected chi connectivity index (χ2v) is 6.16. The quantitative estimate of drug-likeness (QED) is 0.781. The molecule has 1 aliphatic rings. The van der Waals surface area contributed by atoms with Gasteiger partial charge in [0, 0.05) is 28.9 Å². The molecular formula is C19H22ClN3O2. The van der Waals surface area contributed by atoms with Crippen molar-refractivity contribution in [1.82, 2.24) is 0 Å². The Morgan fingerprint density at radius 3 is 2.24 bits per heavy atom. The molecule has 3 rings (SSSR count). The van der Waals surface area contributed by atoms with Gasteiger partial charge in [0.25, 0.3) is 5.91 Å². The van der Waals surface area contributed by atoms with Crippen LogP contribution in [0.25, 0.3) is 0 Å². The Morgan fingerprint density at radius 1 is 0.920 bits per heavy atom. The maximum absolute atomic E-state index is 12.3. The molecule has 4 N–H and O–H groups in total. The van der Waals surface area contributed by atoms with Gasteiger partial charge in [-0.15, -0.1) is 12.4 Å². The molecule has 1 saturated carbocycles. The zero-order chi connectivity index (χ0) is 16.9. The number of amides is 2. The van der Waals surface area contributed by atoms with Crippen LogP contribution in [0, 0.1) is 5.92 Å². The van der Waals surface area contributed by atoms with Crippen molar-refractivity contribution in [2.45, 2.75) is 25.3 Å². The molecule has 2 atom stereocenters. The average molecular weight is 360 g/mol. The molecular weight excluding hydrogens is 338 g/mol. The van der Waals surface area contributed by atoms with Crippen LogP contribution in [0.4, 0.5) is 11.4 Å². The van der Waals surface area contributed by atoms with E-state index in [0.29, 0.717) is 16.9 Å². The smallest absolute Gasteiger partial charge is 0.255 e. The van der Waals surface area contributed by atoms with E-state index in [2.05, 4.69) is 10.6 Å². The van der Waals surface area contributed by atoms with Gasteiger partial charge in [-0.1, -0.05) is 24.3 Å². The number of rotatable bonds is 4. The zero-order valence-electron chi connectivity index (χ0n) is 13.8. The van der Waals surface area contributed by atoms with Crippen LogP contribution in [0.5, 0.6) is 0 Å². The summed E-state index contributed by atoms with van der Waals surface area (Å²) in [5, 5.41) is 5.75. The highest BCUT2D eigenvalue weighted by molar-refractivity contribution is 6.04. The van der Waals surface area contributed by atoms with Crippen molar-refractivity contribution in [2.75, 3.05) is 10.6 Å². The highest BCUT2D eigenvalue weighted by Gasteiger charge is 2.27. The molecule has 0 aromatic heterocycles. The number of carbonyl (C=O) groups is 2. The molecule has 6 heteroatoms. The van der Waals surface area contributed by atoms with Gasteiger partial charge < -0.3 is 16.4 Å². The number of hydrogen-bond donors (Lipinski definition) is 3. The van der Waals surface area contributed by atoms with Gasteiger partial charge >= 0.3 is 0 Å². The number of anilines is 2. The zero-order valence-corrected chi connectivity index (χ0v) is 14.6. The predicted molar refractivity (Wildman–Crippen MR) is 102 cm³/mol. The van der Waals surface area contributed by atoms with Gasteiger partial charge in [-0.25, -0.2) is 0 Å². The molecule has 25 heavy (non-hydrogen) atoms. The fraction of sp³-hybridized carbons (Fsp3) is 0.263. The van der Waals surface area contributed by atoms with E-state index in [1.807, 2.05) is 24.3 Å². The first-order chi connectivity index (χ1) is 11.6. The van der Waals surface area contributed by atoms with Gasteiger partial charge in [-0.2, -0.15) is 0 Å². The van der Waals surface area contributed by atoms with Crippen molar-refractivity contribution >= 4 is 35.6 Å². The molecule has 0 heterocycles. The van der Waals surface area contributed by atoms with E-state index in [-0.39, 0.29) is 36.2 Å². The summed E-state index contributed by atoms with van der Waals surface area (Å²) in [4.78, 5) is 24.4. The molecule has 0 aliphatic heterocycles. The van der Waals surface area contributed by atoms with Crippen LogP contribution in [-0.2, 0) is 4.79 Å². The molecule has 0 saturated heterocycles. The lowest BCUT2D eigenvalue weighted by Gasteiger charge is -2.12. The summed E-state index contributed by atoms with van der Waals surface area (Å²) >= 11 is 0. The molecule has 5 nitrogen and oxygen atoms in total. The van der Waals surface area contributed by atoms with Gasteiger partial charge in [0.2, 0.25) is 5.91 Å². The van der Waals surface area contributed by atoms with E-state index in [0.717, 1.165) is 19.3 Å². The molecule has 2 aromatic rings. The Kier molecular flexibility index (Phi) is 6.56. The molecule has 1 aliphatic carbocycles. The fourth-order valence-corrected chi connectivity index (χ4v) is 2.97. The maximum atomic E-state index is 12.3. The van der Waals surface area contributed by atoms with Gasteiger partial charge in [-0.05, 0) is 49.6 Å². The number of carbonyl (C=O) groups excluding carboxylic acids is 2. The van der Waals surface area contributed by atoms with E-state index < -0.39 is 0 Å². The van der Waals surface area contributed by atoms with Crippen molar-refractivity contribution < 1.29 is 9.59 Å². The summed E-state index contributed by atoms with van der Waals surface area (Å²) in [6, 6.07) is 16.3. The van der Waals surface area contributed by atoms with E-state index >= 15 is 0 Å². The minimum atomic E-state index is -0.180. The SMILES string of the molecule is Cl.NC1CCC(C(=O)Nc2cccc(NC(=O)c3ccccc3)c2)C1. The minimum Gasteiger partial charge on any atom is -0.328 e. The second-order valence-electron chi connectivity index (χ2n) is 6.16. The largest absolute Gasteiger partial charge is 0.328 e. The fourth-order valence-electron chi connectivity index (χ4n) is 2.97. The summed E-state index contributed by atoms with van der Waals surface area (Å²) in [6.07, 6.45) is 2.46. The Hall–Kier alpha value is -2.37. The summed E-state index contributed by atoms with van der Waals surface area (Å²) in [5.74, 6) is -0.210. The molecule has 0 bridgehead atoms. The normalized spacial score (nSPS) is 18.9. The van der Waals surface area contributed by atoms with Crippen LogP contribution in [0.3, 0.4) is 0 Å². The van der Waals surface area contributed by atoms with Gasteiger partial charge in [-0.3, -0.25) is 9.59 Å². The van der Waals surface area contributed by atoms with Crippen LogP contribution in [0.1, 0.15) is 29.6 Å². The molecule has 0 radical (unpaired) electrons. The summed E-state index contributed by atoms with van der Waals surface area (Å²) in [5.41, 5.74) is 7.77. The number of hydrogen-bond acceptors (Lipinski definition) is 3. The monoisotopic (exact) mass is 359 g/mol. The molecule has 2 aromatic carbocycles. The van der Waals surface area contributed by atoms with Crippen molar-refractivity contribution in [2.24, 2.45) is 11.7 Å². The third-order valence-electron chi connectivity index (χ3n) is 4.27. The third kappa shape index (κ3) is 5.05. The van der Waals surface area contributed by atoms with E-state index in [9.17, 15) is 9.59 Å². The topological polar surface area (TPSA) is 84.2 Å². The first kappa shape index (κ1) is 19.0. The van der Waals surface area contributed by atoms with E-state index in [4.69, 9.17) is 5.73 Å². The first-order valence-corrected chi connectivity index (χ1v) is 8.15. The van der Waals surface area contributed by atoms with Crippen LogP contribution < -0.4 is 16.4 Å². The number of nitrogens with one attached hydrogen (secondary N) is 2. The van der Waals surface area contributed by atoms with Crippen molar-refractivity contribution in [3.8, 4) is 0 Å². The van der Waals surface area contributed by atoms with Crippen molar-refractivity contribution in [3.63, 3.8) is 0 Å². The lowest BCUT2D eigenvalue weighted by atomic mass is 10.1. The summed E-state index contributed by atoms with van der Waals surface area (Å²) < 4.78 is 0. The summed E-state index contributed by atoms with van der Waals surface area (Å²) in [6.45, 7) is 0. The van der Waals surface area contributed by atoms with Crippen molar-refractivity contribution in [1.29, 1.82) is 0 Å². The molecule has 132 valence electrons. The minimum absolute atomic E-state index is 0. The lowest BCUT2D eigenvalue weighted by Crippen LogP contribution is -2.23. The van der Waals surface area contributed by atoms with E-state index in [1.165, 1.54) is 0 Å². The van der Waals surface area contributed by atoms with Crippen LogP contribution in [0.2, 0.25) is 0 Å². The Balaban J connectivity index is 0.00000225. The maximum Gasteiger partial charge on any atom is 0.255 e. The molecule has 1 fully saturated rings. The lowest BCUT2D eigenvalue weighted by molar-refractivity contribution is -0.119. The number of nitrogens with two attached hydrogens (primary N) is 1. The average Bonchev–Trinajstić information content (AvgIpc) is 3.02.